The van der Waals surface area contributed by atoms with E-state index in [-0.39, 0.29) is 12.9 Å². The van der Waals surface area contributed by atoms with Crippen molar-refractivity contribution in [2.75, 3.05) is 19.9 Å². The molecule has 4 nitrogen and oxygen atoms in total. The topological polar surface area (TPSA) is 39.7 Å². The van der Waals surface area contributed by atoms with Crippen LogP contribution in [0.15, 0.2) is 12.1 Å². The summed E-state index contributed by atoms with van der Waals surface area (Å²) in [7, 11) is 0. The van der Waals surface area contributed by atoms with Crippen LogP contribution >= 0.6 is 11.6 Å². The minimum atomic E-state index is 0.228. The third-order valence-corrected chi connectivity index (χ3v) is 3.27. The van der Waals surface area contributed by atoms with Crippen LogP contribution in [0.2, 0.25) is 5.02 Å². The van der Waals surface area contributed by atoms with Gasteiger partial charge >= 0.3 is 0 Å². The Hall–Kier alpha value is -1.13. The van der Waals surface area contributed by atoms with Gasteiger partial charge in [-0.15, -0.1) is 0 Å². The number of hydrogen-bond donors (Lipinski definition) is 1. The Bertz CT molecular complexity index is 418. The van der Waals surface area contributed by atoms with Crippen LogP contribution in [-0.4, -0.2) is 26.0 Å². The van der Waals surface area contributed by atoms with Gasteiger partial charge < -0.3 is 19.5 Å². The Balaban J connectivity index is 1.76. The standard InChI is InChI=1S/C12H14ClNO3/c13-10-5-9(6-11-12(10)16-7-15-11)17-8-1-3-14-4-2-8/h5-6,8,14H,1-4,7H2. The number of fused-ring (bicyclic) bond motifs is 1. The third kappa shape index (κ3) is 2.28. The van der Waals surface area contributed by atoms with Gasteiger partial charge in [-0.25, -0.2) is 0 Å². The summed E-state index contributed by atoms with van der Waals surface area (Å²) >= 11 is 6.10. The molecule has 0 aromatic heterocycles. The third-order valence-electron chi connectivity index (χ3n) is 2.99. The van der Waals surface area contributed by atoms with Crippen molar-refractivity contribution in [2.45, 2.75) is 18.9 Å². The number of halogens is 1. The van der Waals surface area contributed by atoms with Gasteiger partial charge in [0.2, 0.25) is 6.79 Å². The molecule has 0 unspecified atom stereocenters. The molecule has 0 radical (unpaired) electrons. The van der Waals surface area contributed by atoms with Crippen molar-refractivity contribution < 1.29 is 14.2 Å². The lowest BCUT2D eigenvalue weighted by atomic mass is 10.1. The van der Waals surface area contributed by atoms with Gasteiger partial charge in [0.05, 0.1) is 5.02 Å². The molecule has 1 aromatic carbocycles. The molecule has 0 atom stereocenters. The van der Waals surface area contributed by atoms with Crippen molar-refractivity contribution in [3.05, 3.63) is 17.2 Å². The van der Waals surface area contributed by atoms with E-state index >= 15 is 0 Å². The molecule has 0 saturated carbocycles. The van der Waals surface area contributed by atoms with Gasteiger partial charge in [0.1, 0.15) is 11.9 Å². The van der Waals surface area contributed by atoms with E-state index in [1.54, 1.807) is 6.07 Å². The largest absolute Gasteiger partial charge is 0.490 e. The van der Waals surface area contributed by atoms with Crippen LogP contribution in [0.5, 0.6) is 17.2 Å². The molecule has 1 aromatic rings. The Morgan fingerprint density at radius 3 is 2.88 bits per heavy atom. The zero-order valence-electron chi connectivity index (χ0n) is 9.37. The molecule has 0 bridgehead atoms. The first-order chi connectivity index (χ1) is 8.33. The highest BCUT2D eigenvalue weighted by Gasteiger charge is 2.21. The Kier molecular flexibility index (Phi) is 2.99. The normalized spacial score (nSPS) is 19.4. The van der Waals surface area contributed by atoms with E-state index in [0.717, 1.165) is 31.7 Å². The van der Waals surface area contributed by atoms with E-state index in [4.69, 9.17) is 25.8 Å². The molecule has 1 saturated heterocycles. The molecule has 3 rings (SSSR count). The van der Waals surface area contributed by atoms with Crippen molar-refractivity contribution in [1.29, 1.82) is 0 Å². The smallest absolute Gasteiger partial charge is 0.231 e. The van der Waals surface area contributed by atoms with Crippen LogP contribution in [-0.2, 0) is 0 Å². The first-order valence-corrected chi connectivity index (χ1v) is 6.17. The summed E-state index contributed by atoms with van der Waals surface area (Å²) in [4.78, 5) is 0. The van der Waals surface area contributed by atoms with Gasteiger partial charge in [-0.3, -0.25) is 0 Å². The summed E-state index contributed by atoms with van der Waals surface area (Å²) in [6.45, 7) is 2.23. The van der Waals surface area contributed by atoms with Gasteiger partial charge in [-0.05, 0) is 25.9 Å². The Morgan fingerprint density at radius 1 is 1.24 bits per heavy atom. The average molecular weight is 256 g/mol. The van der Waals surface area contributed by atoms with Gasteiger partial charge in [-0.1, -0.05) is 11.6 Å². The lowest BCUT2D eigenvalue weighted by Gasteiger charge is -2.24. The minimum absolute atomic E-state index is 0.228. The first-order valence-electron chi connectivity index (χ1n) is 5.79. The van der Waals surface area contributed by atoms with Gasteiger partial charge in [0.25, 0.3) is 0 Å². The molecule has 1 fully saturated rings. The molecule has 2 aliphatic rings. The monoisotopic (exact) mass is 255 g/mol. The predicted molar refractivity (Wildman–Crippen MR) is 64.1 cm³/mol. The van der Waals surface area contributed by atoms with E-state index in [9.17, 15) is 0 Å². The number of benzene rings is 1. The van der Waals surface area contributed by atoms with Crippen molar-refractivity contribution in [1.82, 2.24) is 5.32 Å². The van der Waals surface area contributed by atoms with E-state index in [2.05, 4.69) is 5.32 Å². The summed E-state index contributed by atoms with van der Waals surface area (Å²) in [6.07, 6.45) is 2.30. The molecule has 92 valence electrons. The lowest BCUT2D eigenvalue weighted by Crippen LogP contribution is -2.34. The van der Waals surface area contributed by atoms with Crippen LogP contribution in [0.4, 0.5) is 0 Å². The molecule has 0 spiro atoms. The Labute approximate surface area is 105 Å². The Morgan fingerprint density at radius 2 is 2.06 bits per heavy atom. The lowest BCUT2D eigenvalue weighted by molar-refractivity contribution is 0.161. The van der Waals surface area contributed by atoms with Gasteiger partial charge in [0, 0.05) is 12.1 Å². The molecule has 1 N–H and O–H groups in total. The summed E-state index contributed by atoms with van der Waals surface area (Å²) in [5.74, 6) is 2.04. The number of ether oxygens (including phenoxy) is 3. The first kappa shape index (κ1) is 11.0. The maximum atomic E-state index is 6.10. The maximum Gasteiger partial charge on any atom is 0.231 e. The summed E-state index contributed by atoms with van der Waals surface area (Å²) < 4.78 is 16.5. The van der Waals surface area contributed by atoms with Crippen molar-refractivity contribution in [2.24, 2.45) is 0 Å². The minimum Gasteiger partial charge on any atom is -0.490 e. The fourth-order valence-corrected chi connectivity index (χ4v) is 2.37. The fourth-order valence-electron chi connectivity index (χ4n) is 2.12. The van der Waals surface area contributed by atoms with Gasteiger partial charge in [0.15, 0.2) is 11.5 Å². The van der Waals surface area contributed by atoms with Gasteiger partial charge in [-0.2, -0.15) is 0 Å². The van der Waals surface area contributed by atoms with Crippen LogP contribution in [0, 0.1) is 0 Å². The number of piperidine rings is 1. The molecule has 2 heterocycles. The maximum absolute atomic E-state index is 6.10. The zero-order valence-corrected chi connectivity index (χ0v) is 10.1. The molecule has 17 heavy (non-hydrogen) atoms. The average Bonchev–Trinajstić information content (AvgIpc) is 2.79. The van der Waals surface area contributed by atoms with E-state index < -0.39 is 0 Å². The van der Waals surface area contributed by atoms with Crippen molar-refractivity contribution in [3.8, 4) is 17.2 Å². The van der Waals surface area contributed by atoms with E-state index in [1.165, 1.54) is 0 Å². The molecule has 0 amide bonds. The van der Waals surface area contributed by atoms with E-state index in [0.29, 0.717) is 16.5 Å². The highest BCUT2D eigenvalue weighted by atomic mass is 35.5. The number of rotatable bonds is 2. The molecule has 2 aliphatic heterocycles. The van der Waals surface area contributed by atoms with Crippen molar-refractivity contribution in [3.63, 3.8) is 0 Å². The SMILES string of the molecule is Clc1cc(OC2CCNCC2)cc2c1OCO2. The second-order valence-corrected chi connectivity index (χ2v) is 4.61. The van der Waals surface area contributed by atoms with Crippen LogP contribution in [0.3, 0.4) is 0 Å². The highest BCUT2D eigenvalue weighted by molar-refractivity contribution is 6.32. The number of hydrogen-bond acceptors (Lipinski definition) is 4. The second kappa shape index (κ2) is 4.63. The summed E-state index contributed by atoms with van der Waals surface area (Å²) in [6, 6.07) is 3.63. The fraction of sp³-hybridized carbons (Fsp3) is 0.500. The van der Waals surface area contributed by atoms with E-state index in [1.807, 2.05) is 6.07 Å². The van der Waals surface area contributed by atoms with Crippen molar-refractivity contribution >= 4 is 11.6 Å². The molecule has 5 heteroatoms. The molecule has 0 aliphatic carbocycles. The van der Waals surface area contributed by atoms with Crippen LogP contribution in [0.25, 0.3) is 0 Å². The van der Waals surface area contributed by atoms with Crippen LogP contribution in [0.1, 0.15) is 12.8 Å². The quantitative estimate of drug-likeness (QED) is 0.880. The molecular formula is C12H14ClNO3. The second-order valence-electron chi connectivity index (χ2n) is 4.21. The van der Waals surface area contributed by atoms with Crippen LogP contribution < -0.4 is 19.5 Å². The highest BCUT2D eigenvalue weighted by Crippen LogP contribution is 2.42. The predicted octanol–water partition coefficient (Wildman–Crippen LogP) is 2.20. The summed E-state index contributed by atoms with van der Waals surface area (Å²) in [5, 5.41) is 3.85. The summed E-state index contributed by atoms with van der Waals surface area (Å²) in [5.41, 5.74) is 0. The molecular weight excluding hydrogens is 242 g/mol. The zero-order chi connectivity index (χ0) is 11.7. The number of nitrogens with one attached hydrogen (secondary N) is 1.